The molecule has 1 heterocycles. The minimum atomic E-state index is -0.336. The van der Waals surface area contributed by atoms with E-state index >= 15 is 0 Å². The smallest absolute Gasteiger partial charge is 0.324 e. The highest BCUT2D eigenvalue weighted by Gasteiger charge is 2.25. The number of amides is 3. The first-order valence-electron chi connectivity index (χ1n) is 5.66. The van der Waals surface area contributed by atoms with Crippen LogP contribution in [0.15, 0.2) is 18.2 Å². The maximum absolute atomic E-state index is 11.8. The van der Waals surface area contributed by atoms with Crippen molar-refractivity contribution in [2.24, 2.45) is 0 Å². The van der Waals surface area contributed by atoms with Crippen molar-refractivity contribution >= 4 is 29.2 Å². The third kappa shape index (κ3) is 2.73. The van der Waals surface area contributed by atoms with Crippen LogP contribution < -0.4 is 10.6 Å². The van der Waals surface area contributed by atoms with Gasteiger partial charge in [-0.2, -0.15) is 0 Å². The summed E-state index contributed by atoms with van der Waals surface area (Å²) in [6.45, 7) is 2.92. The van der Waals surface area contributed by atoms with Gasteiger partial charge in [0.25, 0.3) is 0 Å². The molecule has 0 unspecified atom stereocenters. The quantitative estimate of drug-likeness (QED) is 0.875. The number of imide groups is 1. The molecule has 2 N–H and O–H groups in total. The van der Waals surface area contributed by atoms with E-state index in [0.29, 0.717) is 23.8 Å². The van der Waals surface area contributed by atoms with E-state index in [-0.39, 0.29) is 18.5 Å². The third-order valence-corrected chi connectivity index (χ3v) is 3.03. The fraction of sp³-hybridized carbons (Fsp3) is 0.333. The van der Waals surface area contributed by atoms with Gasteiger partial charge in [-0.3, -0.25) is 9.69 Å². The number of urea groups is 1. The number of aryl methyl sites for hydroxylation is 1. The van der Waals surface area contributed by atoms with E-state index < -0.39 is 0 Å². The molecule has 3 amide bonds. The van der Waals surface area contributed by atoms with Gasteiger partial charge in [0.1, 0.15) is 0 Å². The Morgan fingerprint density at radius 1 is 1.56 bits per heavy atom. The van der Waals surface area contributed by atoms with Crippen molar-refractivity contribution in [3.8, 4) is 0 Å². The van der Waals surface area contributed by atoms with E-state index in [9.17, 15) is 9.59 Å². The van der Waals surface area contributed by atoms with Gasteiger partial charge in [-0.05, 0) is 24.6 Å². The van der Waals surface area contributed by atoms with Gasteiger partial charge >= 0.3 is 6.03 Å². The zero-order chi connectivity index (χ0) is 13.1. The van der Waals surface area contributed by atoms with E-state index in [0.717, 1.165) is 5.56 Å². The average molecular weight is 268 g/mol. The maximum Gasteiger partial charge on any atom is 0.324 e. The summed E-state index contributed by atoms with van der Waals surface area (Å²) >= 11 is 6.03. The predicted octanol–water partition coefficient (Wildman–Crippen LogP) is 1.61. The van der Waals surface area contributed by atoms with E-state index in [2.05, 4.69) is 10.6 Å². The van der Waals surface area contributed by atoms with Crippen molar-refractivity contribution in [3.63, 3.8) is 0 Å². The molecule has 0 bridgehead atoms. The van der Waals surface area contributed by atoms with E-state index in [1.165, 1.54) is 4.90 Å². The van der Waals surface area contributed by atoms with Crippen LogP contribution in [-0.2, 0) is 4.79 Å². The molecule has 0 saturated carbocycles. The summed E-state index contributed by atoms with van der Waals surface area (Å²) in [5, 5.41) is 6.08. The highest BCUT2D eigenvalue weighted by atomic mass is 35.5. The van der Waals surface area contributed by atoms with Gasteiger partial charge in [-0.15, -0.1) is 0 Å². The second kappa shape index (κ2) is 5.27. The summed E-state index contributed by atoms with van der Waals surface area (Å²) in [7, 11) is 0. The van der Waals surface area contributed by atoms with Gasteiger partial charge in [-0.25, -0.2) is 4.79 Å². The Hall–Kier alpha value is -1.75. The SMILES string of the molecule is Cc1ccc(NCC(=O)N2CCNC2=O)c(Cl)c1. The summed E-state index contributed by atoms with van der Waals surface area (Å²) in [5.74, 6) is -0.262. The number of rotatable bonds is 3. The Balaban J connectivity index is 1.95. The molecule has 0 radical (unpaired) electrons. The normalized spacial score (nSPS) is 14.6. The molecule has 0 spiro atoms. The van der Waals surface area contributed by atoms with Crippen LogP contribution in [0.2, 0.25) is 5.02 Å². The van der Waals surface area contributed by atoms with Crippen LogP contribution in [0.5, 0.6) is 0 Å². The molecule has 1 saturated heterocycles. The summed E-state index contributed by atoms with van der Waals surface area (Å²) in [6, 6.07) is 5.20. The number of carbonyl (C=O) groups excluding carboxylic acids is 2. The Labute approximate surface area is 110 Å². The summed E-state index contributed by atoms with van der Waals surface area (Å²) in [4.78, 5) is 24.2. The number of hydrogen-bond donors (Lipinski definition) is 2. The number of anilines is 1. The van der Waals surface area contributed by atoms with Crippen LogP contribution >= 0.6 is 11.6 Å². The first-order chi connectivity index (χ1) is 8.58. The lowest BCUT2D eigenvalue weighted by Crippen LogP contribution is -2.38. The Kier molecular flexibility index (Phi) is 3.72. The highest BCUT2D eigenvalue weighted by Crippen LogP contribution is 2.22. The largest absolute Gasteiger partial charge is 0.375 e. The molecule has 96 valence electrons. The van der Waals surface area contributed by atoms with Crippen molar-refractivity contribution in [1.82, 2.24) is 10.2 Å². The lowest BCUT2D eigenvalue weighted by Gasteiger charge is -2.14. The zero-order valence-electron chi connectivity index (χ0n) is 10.00. The number of carbonyl (C=O) groups is 2. The van der Waals surface area contributed by atoms with Crippen molar-refractivity contribution in [2.75, 3.05) is 25.0 Å². The van der Waals surface area contributed by atoms with Gasteiger partial charge in [0, 0.05) is 13.1 Å². The fourth-order valence-corrected chi connectivity index (χ4v) is 2.04. The van der Waals surface area contributed by atoms with Crippen molar-refractivity contribution in [3.05, 3.63) is 28.8 Å². The Morgan fingerprint density at radius 2 is 2.33 bits per heavy atom. The fourth-order valence-electron chi connectivity index (χ4n) is 1.74. The minimum Gasteiger partial charge on any atom is -0.375 e. The predicted molar refractivity (Wildman–Crippen MR) is 69.8 cm³/mol. The molecular weight excluding hydrogens is 254 g/mol. The number of nitrogens with one attached hydrogen (secondary N) is 2. The molecule has 0 atom stereocenters. The van der Waals surface area contributed by atoms with Crippen LogP contribution in [0.3, 0.4) is 0 Å². The first-order valence-corrected chi connectivity index (χ1v) is 6.04. The van der Waals surface area contributed by atoms with Gasteiger partial charge in [0.2, 0.25) is 5.91 Å². The number of hydrogen-bond acceptors (Lipinski definition) is 3. The summed E-state index contributed by atoms with van der Waals surface area (Å²) < 4.78 is 0. The third-order valence-electron chi connectivity index (χ3n) is 2.71. The Bertz CT molecular complexity index is 490. The molecule has 5 nitrogen and oxygen atoms in total. The van der Waals surface area contributed by atoms with Crippen LogP contribution in [0.25, 0.3) is 0 Å². The molecule has 0 aromatic heterocycles. The Morgan fingerprint density at radius 3 is 2.94 bits per heavy atom. The topological polar surface area (TPSA) is 61.4 Å². The monoisotopic (exact) mass is 267 g/mol. The summed E-state index contributed by atoms with van der Waals surface area (Å²) in [5.41, 5.74) is 1.74. The van der Waals surface area contributed by atoms with E-state index in [1.807, 2.05) is 25.1 Å². The van der Waals surface area contributed by atoms with Gasteiger partial charge < -0.3 is 10.6 Å². The van der Waals surface area contributed by atoms with Gasteiger partial charge in [0.05, 0.1) is 17.3 Å². The van der Waals surface area contributed by atoms with Crippen LogP contribution in [-0.4, -0.2) is 36.5 Å². The van der Waals surface area contributed by atoms with Gasteiger partial charge in [0.15, 0.2) is 0 Å². The second-order valence-corrected chi connectivity index (χ2v) is 4.52. The van der Waals surface area contributed by atoms with E-state index in [1.54, 1.807) is 0 Å². The van der Waals surface area contributed by atoms with Crippen molar-refractivity contribution in [1.29, 1.82) is 0 Å². The molecule has 1 aliphatic heterocycles. The summed E-state index contributed by atoms with van der Waals surface area (Å²) in [6.07, 6.45) is 0. The molecule has 18 heavy (non-hydrogen) atoms. The standard InChI is InChI=1S/C12H14ClN3O2/c1-8-2-3-10(9(13)6-8)15-7-11(17)16-5-4-14-12(16)18/h2-3,6,15H,4-5,7H2,1H3,(H,14,18). The highest BCUT2D eigenvalue weighted by molar-refractivity contribution is 6.33. The number of nitrogens with zero attached hydrogens (tertiary/aromatic N) is 1. The molecule has 0 aliphatic carbocycles. The van der Waals surface area contributed by atoms with Crippen LogP contribution in [0.1, 0.15) is 5.56 Å². The number of halogens is 1. The van der Waals surface area contributed by atoms with Crippen LogP contribution in [0.4, 0.5) is 10.5 Å². The zero-order valence-corrected chi connectivity index (χ0v) is 10.8. The molecule has 1 aromatic carbocycles. The van der Waals surface area contributed by atoms with Crippen molar-refractivity contribution in [2.45, 2.75) is 6.92 Å². The molecule has 1 fully saturated rings. The van der Waals surface area contributed by atoms with Gasteiger partial charge in [-0.1, -0.05) is 17.7 Å². The maximum atomic E-state index is 11.8. The minimum absolute atomic E-state index is 0.0518. The molecule has 6 heteroatoms. The lowest BCUT2D eigenvalue weighted by atomic mass is 10.2. The molecule has 1 aliphatic rings. The second-order valence-electron chi connectivity index (χ2n) is 4.11. The average Bonchev–Trinajstić information content (AvgIpc) is 2.74. The molecule has 1 aromatic rings. The molecular formula is C12H14ClN3O2. The number of benzene rings is 1. The lowest BCUT2D eigenvalue weighted by molar-refractivity contribution is -0.125. The molecule has 2 rings (SSSR count). The van der Waals surface area contributed by atoms with Crippen LogP contribution in [0, 0.1) is 6.92 Å². The van der Waals surface area contributed by atoms with Crippen molar-refractivity contribution < 1.29 is 9.59 Å². The van der Waals surface area contributed by atoms with E-state index in [4.69, 9.17) is 11.6 Å². The first kappa shape index (κ1) is 12.7.